The number of aromatic nitrogens is 1. The van der Waals surface area contributed by atoms with Gasteiger partial charge in [-0.25, -0.2) is 0 Å². The van der Waals surface area contributed by atoms with E-state index in [1.165, 1.54) is 5.56 Å². The number of benzene rings is 2. The summed E-state index contributed by atoms with van der Waals surface area (Å²) in [5.41, 5.74) is 2.42. The number of methoxy groups -OCH3 is 3. The second-order valence-corrected chi connectivity index (χ2v) is 8.27. The third kappa shape index (κ3) is 4.49. The Bertz CT molecular complexity index is 1100. The van der Waals surface area contributed by atoms with E-state index >= 15 is 0 Å². The molecular weight excluding hydrogens is 430 g/mol. The lowest BCUT2D eigenvalue weighted by atomic mass is 10.2. The van der Waals surface area contributed by atoms with Crippen LogP contribution in [0.3, 0.4) is 0 Å². The number of hydrogen-bond donors (Lipinski definition) is 1. The van der Waals surface area contributed by atoms with Gasteiger partial charge in [0.25, 0.3) is 5.91 Å². The van der Waals surface area contributed by atoms with Crippen molar-refractivity contribution in [3.05, 3.63) is 52.7 Å². The number of amides is 1. The molecule has 1 aromatic heterocycles. The minimum Gasteiger partial charge on any atom is -0.496 e. The molecule has 0 aliphatic carbocycles. The van der Waals surface area contributed by atoms with Crippen molar-refractivity contribution in [3.63, 3.8) is 0 Å². The summed E-state index contributed by atoms with van der Waals surface area (Å²) in [5, 5.41) is 1.53. The van der Waals surface area contributed by atoms with Gasteiger partial charge in [-0.2, -0.15) is 0 Å². The zero-order valence-corrected chi connectivity index (χ0v) is 19.4. The molecule has 8 heteroatoms. The predicted molar refractivity (Wildman–Crippen MR) is 125 cm³/mol. The molecule has 170 valence electrons. The van der Waals surface area contributed by atoms with Crippen molar-refractivity contribution < 1.29 is 19.0 Å². The molecule has 3 aromatic rings. The van der Waals surface area contributed by atoms with Gasteiger partial charge in [0, 0.05) is 49.2 Å². The molecule has 0 radical (unpaired) electrons. The Kier molecular flexibility index (Phi) is 6.77. The van der Waals surface area contributed by atoms with Gasteiger partial charge in [-0.3, -0.25) is 9.69 Å². The van der Waals surface area contributed by atoms with Gasteiger partial charge in [-0.05, 0) is 30.2 Å². The highest BCUT2D eigenvalue weighted by atomic mass is 35.5. The summed E-state index contributed by atoms with van der Waals surface area (Å²) in [5.74, 6) is 1.69. The van der Waals surface area contributed by atoms with Crippen LogP contribution in [0.25, 0.3) is 10.9 Å². The first-order chi connectivity index (χ1) is 15.5. The van der Waals surface area contributed by atoms with E-state index in [2.05, 4.69) is 22.0 Å². The van der Waals surface area contributed by atoms with Gasteiger partial charge in [0.1, 0.15) is 11.4 Å². The zero-order chi connectivity index (χ0) is 22.7. The largest absolute Gasteiger partial charge is 0.496 e. The first kappa shape index (κ1) is 22.3. The number of ether oxygens (including phenoxy) is 3. The van der Waals surface area contributed by atoms with Crippen LogP contribution in [0.2, 0.25) is 5.02 Å². The van der Waals surface area contributed by atoms with Crippen LogP contribution in [-0.2, 0) is 6.54 Å². The number of carbonyl (C=O) groups is 1. The first-order valence-electron chi connectivity index (χ1n) is 10.6. The molecule has 0 bridgehead atoms. The van der Waals surface area contributed by atoms with Gasteiger partial charge >= 0.3 is 0 Å². The van der Waals surface area contributed by atoms with Crippen molar-refractivity contribution in [1.29, 1.82) is 0 Å². The minimum atomic E-state index is -0.0300. The maximum atomic E-state index is 13.3. The number of fused-ring (bicyclic) bond motifs is 1. The van der Waals surface area contributed by atoms with Crippen LogP contribution < -0.4 is 14.2 Å². The van der Waals surface area contributed by atoms with Crippen molar-refractivity contribution >= 4 is 28.4 Å². The number of aromatic amines is 1. The molecule has 1 aliphatic heterocycles. The fourth-order valence-electron chi connectivity index (χ4n) is 4.20. The van der Waals surface area contributed by atoms with Gasteiger partial charge < -0.3 is 24.1 Å². The van der Waals surface area contributed by atoms with E-state index < -0.39 is 0 Å². The Balaban J connectivity index is 1.52. The molecule has 1 aliphatic rings. The first-order valence-corrected chi connectivity index (χ1v) is 11.0. The van der Waals surface area contributed by atoms with E-state index in [4.69, 9.17) is 25.8 Å². The van der Waals surface area contributed by atoms with Gasteiger partial charge in [-0.15, -0.1) is 0 Å². The number of nitrogens with one attached hydrogen (secondary N) is 1. The van der Waals surface area contributed by atoms with E-state index in [9.17, 15) is 4.79 Å². The van der Waals surface area contributed by atoms with Crippen molar-refractivity contribution in [2.24, 2.45) is 0 Å². The topological polar surface area (TPSA) is 67.0 Å². The smallest absolute Gasteiger partial charge is 0.270 e. The molecule has 0 saturated carbocycles. The normalized spacial score (nSPS) is 14.9. The maximum absolute atomic E-state index is 13.3. The molecular formula is C24H28ClN3O4. The lowest BCUT2D eigenvalue weighted by molar-refractivity contribution is 0.0756. The summed E-state index contributed by atoms with van der Waals surface area (Å²) in [6, 6.07) is 11.5. The lowest BCUT2D eigenvalue weighted by Crippen LogP contribution is -2.35. The molecule has 2 heterocycles. The van der Waals surface area contributed by atoms with Crippen LogP contribution in [0.4, 0.5) is 0 Å². The number of carbonyl (C=O) groups excluding carboxylic acids is 1. The molecule has 1 saturated heterocycles. The molecule has 2 aromatic carbocycles. The van der Waals surface area contributed by atoms with E-state index in [-0.39, 0.29) is 5.91 Å². The Morgan fingerprint density at radius 2 is 1.72 bits per heavy atom. The summed E-state index contributed by atoms with van der Waals surface area (Å²) in [6.07, 6.45) is 0.917. The molecule has 1 fully saturated rings. The fourth-order valence-corrected chi connectivity index (χ4v) is 4.33. The Hall–Kier alpha value is -2.90. The highest BCUT2D eigenvalue weighted by Gasteiger charge is 2.24. The number of hydrogen-bond acceptors (Lipinski definition) is 5. The van der Waals surface area contributed by atoms with E-state index in [1.54, 1.807) is 27.4 Å². The predicted octanol–water partition coefficient (Wildman–Crippen LogP) is 4.20. The van der Waals surface area contributed by atoms with Crippen molar-refractivity contribution in [2.75, 3.05) is 47.5 Å². The van der Waals surface area contributed by atoms with Crippen LogP contribution >= 0.6 is 11.6 Å². The third-order valence-corrected chi connectivity index (χ3v) is 6.12. The zero-order valence-electron chi connectivity index (χ0n) is 18.6. The Morgan fingerprint density at radius 1 is 0.969 bits per heavy atom. The molecule has 0 spiro atoms. The number of rotatable bonds is 6. The molecule has 1 N–H and O–H groups in total. The molecule has 0 unspecified atom stereocenters. The average Bonchev–Trinajstić information content (AvgIpc) is 3.12. The quantitative estimate of drug-likeness (QED) is 0.601. The summed E-state index contributed by atoms with van der Waals surface area (Å²) >= 11 is 5.99. The number of H-pyrrole nitrogens is 1. The van der Waals surface area contributed by atoms with Gasteiger partial charge in [0.2, 0.25) is 0 Å². The second-order valence-electron chi connectivity index (χ2n) is 7.83. The van der Waals surface area contributed by atoms with Crippen LogP contribution in [0.15, 0.2) is 36.4 Å². The fraction of sp³-hybridized carbons (Fsp3) is 0.375. The highest BCUT2D eigenvalue weighted by molar-refractivity contribution is 6.30. The van der Waals surface area contributed by atoms with E-state index in [0.717, 1.165) is 36.5 Å². The molecule has 0 atom stereocenters. The molecule has 7 nitrogen and oxygen atoms in total. The van der Waals surface area contributed by atoms with Crippen LogP contribution in [0.5, 0.6) is 17.2 Å². The number of nitrogens with zero attached hydrogens (tertiary/aromatic N) is 2. The number of halogens is 1. The van der Waals surface area contributed by atoms with Gasteiger partial charge in [-0.1, -0.05) is 23.7 Å². The van der Waals surface area contributed by atoms with E-state index in [1.807, 2.05) is 23.1 Å². The average molecular weight is 458 g/mol. The van der Waals surface area contributed by atoms with Crippen molar-refractivity contribution in [1.82, 2.24) is 14.8 Å². The highest BCUT2D eigenvalue weighted by Crippen LogP contribution is 2.41. The van der Waals surface area contributed by atoms with Crippen molar-refractivity contribution in [3.8, 4) is 17.2 Å². The lowest BCUT2D eigenvalue weighted by Gasteiger charge is -2.21. The maximum Gasteiger partial charge on any atom is 0.270 e. The van der Waals surface area contributed by atoms with E-state index in [0.29, 0.717) is 41.5 Å². The van der Waals surface area contributed by atoms with Crippen LogP contribution in [0.1, 0.15) is 22.5 Å². The van der Waals surface area contributed by atoms with Crippen molar-refractivity contribution in [2.45, 2.75) is 13.0 Å². The summed E-state index contributed by atoms with van der Waals surface area (Å²) < 4.78 is 16.5. The SMILES string of the molecule is COc1cc(OC)c2cc(C(=O)N3CCCN(Cc4ccc(Cl)cc4)CC3)[nH]c2c1OC. The van der Waals surface area contributed by atoms with Gasteiger partial charge in [0.15, 0.2) is 11.5 Å². The van der Waals surface area contributed by atoms with Crippen LogP contribution in [0, 0.1) is 0 Å². The van der Waals surface area contributed by atoms with Crippen LogP contribution in [-0.4, -0.2) is 68.2 Å². The summed E-state index contributed by atoms with van der Waals surface area (Å²) in [7, 11) is 4.75. The standard InChI is InChI=1S/C24H28ClN3O4/c1-30-20-14-21(31-2)23(32-3)22-18(20)13-19(26-22)24(29)28-10-4-9-27(11-12-28)15-16-5-7-17(25)8-6-16/h5-8,13-14,26H,4,9-12,15H2,1-3H3. The second kappa shape index (κ2) is 9.71. The molecule has 32 heavy (non-hydrogen) atoms. The summed E-state index contributed by atoms with van der Waals surface area (Å²) in [4.78, 5) is 20.8. The summed E-state index contributed by atoms with van der Waals surface area (Å²) in [6.45, 7) is 3.98. The molecule has 4 rings (SSSR count). The molecule has 1 amide bonds. The Labute approximate surface area is 192 Å². The Morgan fingerprint density at radius 3 is 2.41 bits per heavy atom. The minimum absolute atomic E-state index is 0.0300. The monoisotopic (exact) mass is 457 g/mol. The van der Waals surface area contributed by atoms with Gasteiger partial charge in [0.05, 0.1) is 26.8 Å². The third-order valence-electron chi connectivity index (χ3n) is 5.87.